The fourth-order valence-corrected chi connectivity index (χ4v) is 5.98. The normalized spacial score (nSPS) is 18.1. The van der Waals surface area contributed by atoms with Gasteiger partial charge in [-0.3, -0.25) is 4.79 Å². The molecule has 8 nitrogen and oxygen atoms in total. The number of aromatic nitrogens is 5. The van der Waals surface area contributed by atoms with Gasteiger partial charge in [0.1, 0.15) is 5.39 Å². The number of hydrogen-bond donors (Lipinski definition) is 2. The van der Waals surface area contributed by atoms with Gasteiger partial charge in [-0.15, -0.1) is 11.3 Å². The highest BCUT2D eigenvalue weighted by Gasteiger charge is 2.41. The standard InChI is InChI=1S/C26H31N7OS/c1-15(2)32-22(34)18-12-28-23(29-17-6-7-19-16(10-17)11-27-14-25(19,3)4)31-21(18)33(32)24-30-20(13-35-24)26(5)8-9-26/h6-7,10,12-13,15,27H,8-9,11,14H2,1-5H3,(H,28,29,31). The lowest BCUT2D eigenvalue weighted by atomic mass is 9.79. The molecule has 0 bridgehead atoms. The minimum atomic E-state index is -0.0991. The van der Waals surface area contributed by atoms with Crippen molar-refractivity contribution >= 4 is 34.0 Å². The molecule has 182 valence electrons. The third-order valence-corrected chi connectivity index (χ3v) is 8.19. The third-order valence-electron chi connectivity index (χ3n) is 7.38. The van der Waals surface area contributed by atoms with Crippen molar-refractivity contribution in [1.29, 1.82) is 0 Å². The third kappa shape index (κ3) is 3.68. The van der Waals surface area contributed by atoms with Gasteiger partial charge in [0.2, 0.25) is 11.1 Å². The SMILES string of the molecule is CC(C)n1c(=O)c2cnc(Nc3ccc4c(c3)CNCC4(C)C)nc2n1-c1nc(C2(C)CC2)cs1. The van der Waals surface area contributed by atoms with Crippen LogP contribution >= 0.6 is 11.3 Å². The highest BCUT2D eigenvalue weighted by atomic mass is 32.1. The van der Waals surface area contributed by atoms with Crippen LogP contribution in [0.5, 0.6) is 0 Å². The van der Waals surface area contributed by atoms with Gasteiger partial charge in [-0.05, 0) is 49.9 Å². The number of thiazole rings is 1. The quantitative estimate of drug-likeness (QED) is 0.419. The van der Waals surface area contributed by atoms with Crippen LogP contribution in [0.2, 0.25) is 0 Å². The Morgan fingerprint density at radius 3 is 2.71 bits per heavy atom. The maximum Gasteiger partial charge on any atom is 0.278 e. The summed E-state index contributed by atoms with van der Waals surface area (Å²) in [6, 6.07) is 6.38. The molecule has 0 radical (unpaired) electrons. The molecule has 1 aliphatic carbocycles. The van der Waals surface area contributed by atoms with Crippen LogP contribution in [0.15, 0.2) is 34.6 Å². The van der Waals surface area contributed by atoms with Crippen molar-refractivity contribution in [3.05, 3.63) is 57.0 Å². The van der Waals surface area contributed by atoms with Gasteiger partial charge >= 0.3 is 0 Å². The predicted octanol–water partition coefficient (Wildman–Crippen LogP) is 4.80. The highest BCUT2D eigenvalue weighted by Crippen LogP contribution is 2.47. The smallest absolute Gasteiger partial charge is 0.278 e. The van der Waals surface area contributed by atoms with Gasteiger partial charge in [-0.25, -0.2) is 19.3 Å². The molecule has 0 saturated heterocycles. The lowest BCUT2D eigenvalue weighted by Gasteiger charge is -2.33. The molecule has 1 saturated carbocycles. The van der Waals surface area contributed by atoms with Gasteiger partial charge in [-0.2, -0.15) is 4.98 Å². The van der Waals surface area contributed by atoms with Crippen LogP contribution in [-0.2, 0) is 17.4 Å². The summed E-state index contributed by atoms with van der Waals surface area (Å²) in [5, 5.41) is 10.2. The summed E-state index contributed by atoms with van der Waals surface area (Å²) in [5.41, 5.74) is 5.41. The zero-order chi connectivity index (χ0) is 24.5. The maximum absolute atomic E-state index is 13.3. The zero-order valence-corrected chi connectivity index (χ0v) is 21.7. The molecule has 6 rings (SSSR count). The number of nitrogens with one attached hydrogen (secondary N) is 2. The molecule has 0 atom stereocenters. The fraction of sp³-hybridized carbons (Fsp3) is 0.462. The fourth-order valence-electron chi connectivity index (χ4n) is 5.00. The second kappa shape index (κ2) is 7.73. The van der Waals surface area contributed by atoms with Crippen molar-refractivity contribution in [2.45, 2.75) is 70.9 Å². The van der Waals surface area contributed by atoms with Gasteiger partial charge < -0.3 is 10.6 Å². The largest absolute Gasteiger partial charge is 0.324 e. The summed E-state index contributed by atoms with van der Waals surface area (Å²) in [6.45, 7) is 12.6. The number of fused-ring (bicyclic) bond motifs is 2. The first-order valence-corrected chi connectivity index (χ1v) is 13.1. The van der Waals surface area contributed by atoms with E-state index in [0.29, 0.717) is 17.0 Å². The Hall–Kier alpha value is -3.04. The maximum atomic E-state index is 13.3. The van der Waals surface area contributed by atoms with Crippen LogP contribution in [0.1, 0.15) is 70.3 Å². The summed E-state index contributed by atoms with van der Waals surface area (Å²) < 4.78 is 3.60. The van der Waals surface area contributed by atoms with Crippen molar-refractivity contribution in [2.24, 2.45) is 0 Å². The van der Waals surface area contributed by atoms with Crippen LogP contribution in [0.4, 0.5) is 11.6 Å². The number of nitrogens with zero attached hydrogens (tertiary/aromatic N) is 5. The van der Waals surface area contributed by atoms with E-state index in [1.807, 2.05) is 18.5 Å². The average Bonchev–Trinajstić information content (AvgIpc) is 3.25. The predicted molar refractivity (Wildman–Crippen MR) is 140 cm³/mol. The van der Waals surface area contributed by atoms with E-state index in [4.69, 9.17) is 9.97 Å². The molecule has 35 heavy (non-hydrogen) atoms. The Bertz CT molecular complexity index is 1510. The molecular weight excluding hydrogens is 458 g/mol. The Morgan fingerprint density at radius 2 is 1.97 bits per heavy atom. The molecule has 3 aromatic heterocycles. The first-order chi connectivity index (χ1) is 16.7. The summed E-state index contributed by atoms with van der Waals surface area (Å²) in [7, 11) is 0. The van der Waals surface area contributed by atoms with E-state index in [-0.39, 0.29) is 22.4 Å². The Kier molecular flexibility index (Phi) is 4.95. The second-order valence-corrected chi connectivity index (χ2v) is 11.9. The number of anilines is 2. The molecule has 1 aliphatic heterocycles. The summed E-state index contributed by atoms with van der Waals surface area (Å²) in [4.78, 5) is 27.5. The number of hydrogen-bond acceptors (Lipinski definition) is 7. The topological polar surface area (TPSA) is 89.7 Å². The first-order valence-electron chi connectivity index (χ1n) is 12.2. The summed E-state index contributed by atoms with van der Waals surface area (Å²) in [6.07, 6.45) is 3.94. The molecule has 4 aromatic rings. The minimum Gasteiger partial charge on any atom is -0.324 e. The van der Waals surface area contributed by atoms with E-state index in [9.17, 15) is 4.79 Å². The van der Waals surface area contributed by atoms with Crippen molar-refractivity contribution in [1.82, 2.24) is 29.6 Å². The van der Waals surface area contributed by atoms with Crippen LogP contribution in [0.3, 0.4) is 0 Å². The van der Waals surface area contributed by atoms with Crippen molar-refractivity contribution in [3.63, 3.8) is 0 Å². The molecule has 0 amide bonds. The number of benzene rings is 1. The molecule has 1 fully saturated rings. The van der Waals surface area contributed by atoms with Gasteiger partial charge in [0.25, 0.3) is 5.56 Å². The van der Waals surface area contributed by atoms with Gasteiger partial charge in [-0.1, -0.05) is 26.8 Å². The minimum absolute atomic E-state index is 0.0477. The zero-order valence-electron chi connectivity index (χ0n) is 20.8. The molecular formula is C26H31N7OS. The van der Waals surface area contributed by atoms with E-state index >= 15 is 0 Å². The average molecular weight is 490 g/mol. The van der Waals surface area contributed by atoms with E-state index in [2.05, 4.69) is 60.0 Å². The van der Waals surface area contributed by atoms with Crippen LogP contribution in [-0.4, -0.2) is 30.9 Å². The summed E-state index contributed by atoms with van der Waals surface area (Å²) in [5.74, 6) is 0.459. The molecule has 0 spiro atoms. The molecule has 0 unspecified atom stereocenters. The van der Waals surface area contributed by atoms with Crippen LogP contribution in [0, 0.1) is 0 Å². The van der Waals surface area contributed by atoms with E-state index in [1.165, 1.54) is 11.1 Å². The number of rotatable bonds is 5. The lowest BCUT2D eigenvalue weighted by molar-refractivity contribution is 0.435. The summed E-state index contributed by atoms with van der Waals surface area (Å²) >= 11 is 1.56. The van der Waals surface area contributed by atoms with E-state index in [0.717, 1.165) is 42.4 Å². The van der Waals surface area contributed by atoms with Crippen molar-refractivity contribution in [2.75, 3.05) is 11.9 Å². The van der Waals surface area contributed by atoms with Crippen molar-refractivity contribution in [3.8, 4) is 5.13 Å². The molecule has 2 N–H and O–H groups in total. The van der Waals surface area contributed by atoms with Crippen LogP contribution in [0.25, 0.3) is 16.2 Å². The van der Waals surface area contributed by atoms with Gasteiger partial charge in [0, 0.05) is 47.2 Å². The Morgan fingerprint density at radius 1 is 1.17 bits per heavy atom. The van der Waals surface area contributed by atoms with E-state index < -0.39 is 0 Å². The Balaban J connectivity index is 1.42. The van der Waals surface area contributed by atoms with Crippen LogP contribution < -0.4 is 16.2 Å². The Labute approximate surface area is 208 Å². The molecule has 1 aromatic carbocycles. The van der Waals surface area contributed by atoms with Gasteiger partial charge in [0.15, 0.2) is 5.65 Å². The lowest BCUT2D eigenvalue weighted by Crippen LogP contribution is -2.38. The molecule has 2 aliphatic rings. The van der Waals surface area contributed by atoms with Crippen molar-refractivity contribution < 1.29 is 0 Å². The highest BCUT2D eigenvalue weighted by molar-refractivity contribution is 7.12. The van der Waals surface area contributed by atoms with Gasteiger partial charge in [0.05, 0.1) is 5.69 Å². The van der Waals surface area contributed by atoms with E-state index in [1.54, 1.807) is 22.2 Å². The molecule has 4 heterocycles. The monoisotopic (exact) mass is 489 g/mol. The first kappa shape index (κ1) is 22.4. The molecule has 9 heteroatoms. The second-order valence-electron chi connectivity index (χ2n) is 11.0.